The Bertz CT molecular complexity index is 619. The predicted molar refractivity (Wildman–Crippen MR) is 94.9 cm³/mol. The van der Waals surface area contributed by atoms with Crippen molar-refractivity contribution in [2.24, 2.45) is 0 Å². The molecule has 112 valence electrons. The normalized spacial score (nSPS) is 14.7. The number of anilines is 2. The minimum atomic E-state index is -0.143. The van der Waals surface area contributed by atoms with Crippen LogP contribution in [0.5, 0.6) is 0 Å². The van der Waals surface area contributed by atoms with E-state index in [1.807, 2.05) is 12.1 Å². The molecular formula is C15H15Br2FN2S. The van der Waals surface area contributed by atoms with Gasteiger partial charge < -0.3 is 10.2 Å². The SMILES string of the molecule is Fc1cc(NCc2cc(Br)c(Br)s2)ccc1N1CCCC1. The molecule has 1 N–H and O–H groups in total. The molecule has 0 radical (unpaired) electrons. The molecule has 1 aliphatic rings. The van der Waals surface area contributed by atoms with Crippen molar-refractivity contribution >= 4 is 54.6 Å². The Kier molecular flexibility index (Phi) is 4.86. The number of benzene rings is 1. The third-order valence-electron chi connectivity index (χ3n) is 3.56. The van der Waals surface area contributed by atoms with Gasteiger partial charge in [0.2, 0.25) is 0 Å². The fourth-order valence-corrected chi connectivity index (χ4v) is 4.62. The lowest BCUT2D eigenvalue weighted by Gasteiger charge is -2.19. The number of nitrogens with one attached hydrogen (secondary N) is 1. The Labute approximate surface area is 144 Å². The van der Waals surface area contributed by atoms with Crippen LogP contribution in [0.25, 0.3) is 0 Å². The molecule has 3 rings (SSSR count). The third kappa shape index (κ3) is 3.60. The standard InChI is InChI=1S/C15H15Br2FN2S/c16-12-8-11(21-15(12)17)9-19-10-3-4-14(13(18)7-10)20-5-1-2-6-20/h3-4,7-8,19H,1-2,5-6,9H2. The van der Waals surface area contributed by atoms with Crippen molar-refractivity contribution < 1.29 is 4.39 Å². The monoisotopic (exact) mass is 432 g/mol. The molecule has 1 saturated heterocycles. The van der Waals surface area contributed by atoms with E-state index in [4.69, 9.17) is 0 Å². The smallest absolute Gasteiger partial charge is 0.148 e. The maximum absolute atomic E-state index is 14.2. The molecule has 2 heterocycles. The zero-order chi connectivity index (χ0) is 14.8. The second-order valence-electron chi connectivity index (χ2n) is 5.05. The lowest BCUT2D eigenvalue weighted by Crippen LogP contribution is -2.18. The van der Waals surface area contributed by atoms with Gasteiger partial charge in [-0.15, -0.1) is 11.3 Å². The van der Waals surface area contributed by atoms with Crippen molar-refractivity contribution in [1.82, 2.24) is 0 Å². The van der Waals surface area contributed by atoms with Crippen LogP contribution in [0.2, 0.25) is 0 Å². The number of halogens is 3. The molecule has 1 aromatic carbocycles. The van der Waals surface area contributed by atoms with Crippen LogP contribution in [0.3, 0.4) is 0 Å². The molecule has 6 heteroatoms. The molecule has 0 spiro atoms. The van der Waals surface area contributed by atoms with E-state index in [0.29, 0.717) is 6.54 Å². The molecule has 0 amide bonds. The van der Waals surface area contributed by atoms with Gasteiger partial charge in [0.1, 0.15) is 5.82 Å². The number of hydrogen-bond donors (Lipinski definition) is 1. The van der Waals surface area contributed by atoms with E-state index in [0.717, 1.165) is 45.6 Å². The fourth-order valence-electron chi connectivity index (χ4n) is 2.50. The van der Waals surface area contributed by atoms with Gasteiger partial charge >= 0.3 is 0 Å². The summed E-state index contributed by atoms with van der Waals surface area (Å²) in [5, 5.41) is 3.27. The molecule has 0 aliphatic carbocycles. The van der Waals surface area contributed by atoms with Gasteiger partial charge in [0, 0.05) is 34.7 Å². The summed E-state index contributed by atoms with van der Waals surface area (Å²) in [5.74, 6) is -0.143. The molecule has 2 aromatic rings. The highest BCUT2D eigenvalue weighted by Crippen LogP contribution is 2.33. The summed E-state index contributed by atoms with van der Waals surface area (Å²) in [6.45, 7) is 2.61. The first-order valence-corrected chi connectivity index (χ1v) is 9.26. The van der Waals surface area contributed by atoms with Crippen molar-refractivity contribution in [3.63, 3.8) is 0 Å². The van der Waals surface area contributed by atoms with Gasteiger partial charge in [0.15, 0.2) is 0 Å². The minimum absolute atomic E-state index is 0.143. The van der Waals surface area contributed by atoms with Crippen LogP contribution in [0.1, 0.15) is 17.7 Å². The van der Waals surface area contributed by atoms with Gasteiger partial charge in [-0.2, -0.15) is 0 Å². The summed E-state index contributed by atoms with van der Waals surface area (Å²) in [5.41, 5.74) is 1.54. The minimum Gasteiger partial charge on any atom is -0.380 e. The van der Waals surface area contributed by atoms with E-state index in [9.17, 15) is 4.39 Å². The molecule has 0 unspecified atom stereocenters. The molecule has 0 atom stereocenters. The third-order valence-corrected chi connectivity index (χ3v) is 6.81. The Balaban J connectivity index is 1.67. The Hall–Kier alpha value is -0.590. The molecule has 0 saturated carbocycles. The average molecular weight is 434 g/mol. The highest BCUT2D eigenvalue weighted by molar-refractivity contribution is 9.13. The Morgan fingerprint density at radius 3 is 2.57 bits per heavy atom. The first kappa shape index (κ1) is 15.3. The topological polar surface area (TPSA) is 15.3 Å². The van der Waals surface area contributed by atoms with Crippen LogP contribution in [-0.4, -0.2) is 13.1 Å². The van der Waals surface area contributed by atoms with E-state index < -0.39 is 0 Å². The molecular weight excluding hydrogens is 419 g/mol. The number of hydrogen-bond acceptors (Lipinski definition) is 3. The van der Waals surface area contributed by atoms with E-state index in [1.165, 1.54) is 4.88 Å². The zero-order valence-electron chi connectivity index (χ0n) is 11.3. The largest absolute Gasteiger partial charge is 0.380 e. The van der Waals surface area contributed by atoms with Crippen LogP contribution in [-0.2, 0) is 6.54 Å². The molecule has 1 fully saturated rings. The summed E-state index contributed by atoms with van der Waals surface area (Å²) >= 11 is 8.62. The maximum Gasteiger partial charge on any atom is 0.148 e. The lowest BCUT2D eigenvalue weighted by molar-refractivity contribution is 0.623. The maximum atomic E-state index is 14.2. The summed E-state index contributed by atoms with van der Waals surface area (Å²) < 4.78 is 16.3. The van der Waals surface area contributed by atoms with Crippen molar-refractivity contribution in [2.75, 3.05) is 23.3 Å². The van der Waals surface area contributed by atoms with Gasteiger partial charge in [-0.3, -0.25) is 0 Å². The van der Waals surface area contributed by atoms with Crippen LogP contribution >= 0.6 is 43.2 Å². The van der Waals surface area contributed by atoms with Crippen molar-refractivity contribution in [1.29, 1.82) is 0 Å². The Morgan fingerprint density at radius 2 is 1.95 bits per heavy atom. The first-order valence-electron chi connectivity index (χ1n) is 6.85. The second kappa shape index (κ2) is 6.67. The fraction of sp³-hybridized carbons (Fsp3) is 0.333. The van der Waals surface area contributed by atoms with E-state index >= 15 is 0 Å². The highest BCUT2D eigenvalue weighted by atomic mass is 79.9. The van der Waals surface area contributed by atoms with Gasteiger partial charge in [-0.1, -0.05) is 0 Å². The number of rotatable bonds is 4. The molecule has 21 heavy (non-hydrogen) atoms. The van der Waals surface area contributed by atoms with Gasteiger partial charge in [0.05, 0.1) is 9.47 Å². The van der Waals surface area contributed by atoms with Crippen molar-refractivity contribution in [3.05, 3.63) is 43.2 Å². The molecule has 1 aliphatic heterocycles. The predicted octanol–water partition coefficient (Wildman–Crippen LogP) is 5.62. The lowest BCUT2D eigenvalue weighted by atomic mass is 10.2. The number of nitrogens with zero attached hydrogens (tertiary/aromatic N) is 1. The van der Waals surface area contributed by atoms with Crippen LogP contribution in [0, 0.1) is 5.82 Å². The van der Waals surface area contributed by atoms with Crippen molar-refractivity contribution in [2.45, 2.75) is 19.4 Å². The van der Waals surface area contributed by atoms with Gasteiger partial charge in [-0.25, -0.2) is 4.39 Å². The summed E-state index contributed by atoms with van der Waals surface area (Å²) in [6.07, 6.45) is 2.31. The van der Waals surface area contributed by atoms with E-state index in [2.05, 4.69) is 48.1 Å². The molecule has 2 nitrogen and oxygen atoms in total. The summed E-state index contributed by atoms with van der Waals surface area (Å²) in [4.78, 5) is 3.31. The van der Waals surface area contributed by atoms with Crippen LogP contribution in [0.15, 0.2) is 32.5 Å². The van der Waals surface area contributed by atoms with Crippen LogP contribution in [0.4, 0.5) is 15.8 Å². The van der Waals surface area contributed by atoms with Crippen LogP contribution < -0.4 is 10.2 Å². The number of thiophene rings is 1. The summed E-state index contributed by atoms with van der Waals surface area (Å²) in [7, 11) is 0. The first-order chi connectivity index (χ1) is 10.1. The quantitative estimate of drug-likeness (QED) is 0.672. The van der Waals surface area contributed by atoms with Gasteiger partial charge in [-0.05, 0) is 69.0 Å². The molecule has 1 aromatic heterocycles. The Morgan fingerprint density at radius 1 is 1.19 bits per heavy atom. The average Bonchev–Trinajstić information content (AvgIpc) is 3.08. The zero-order valence-corrected chi connectivity index (χ0v) is 15.3. The second-order valence-corrected chi connectivity index (χ2v) is 8.36. The van der Waals surface area contributed by atoms with E-state index in [-0.39, 0.29) is 5.82 Å². The molecule has 0 bridgehead atoms. The van der Waals surface area contributed by atoms with Crippen molar-refractivity contribution in [3.8, 4) is 0 Å². The van der Waals surface area contributed by atoms with Gasteiger partial charge in [0.25, 0.3) is 0 Å². The van der Waals surface area contributed by atoms with E-state index in [1.54, 1.807) is 17.4 Å². The highest BCUT2D eigenvalue weighted by Gasteiger charge is 2.16. The summed E-state index contributed by atoms with van der Waals surface area (Å²) in [6, 6.07) is 7.49.